The third-order valence-corrected chi connectivity index (χ3v) is 4.81. The highest BCUT2D eigenvalue weighted by atomic mass is 79.9. The molecule has 3 aromatic rings. The van der Waals surface area contributed by atoms with E-state index in [1.807, 2.05) is 30.1 Å². The quantitative estimate of drug-likeness (QED) is 0.686. The molecule has 1 amide bonds. The maximum atomic E-state index is 12.7. The monoisotopic (exact) mass is 396 g/mol. The second kappa shape index (κ2) is 5.74. The van der Waals surface area contributed by atoms with E-state index in [0.29, 0.717) is 24.3 Å². The number of nitrogens with zero attached hydrogens (tertiary/aromatic N) is 3. The maximum Gasteiger partial charge on any atom is 0.254 e. The summed E-state index contributed by atoms with van der Waals surface area (Å²) in [4.78, 5) is 14.5. The zero-order chi connectivity index (χ0) is 17.7. The van der Waals surface area contributed by atoms with Gasteiger partial charge in [0, 0.05) is 34.7 Å². The predicted molar refractivity (Wildman–Crippen MR) is 103 cm³/mol. The molecule has 0 radical (unpaired) electrons. The van der Waals surface area contributed by atoms with Crippen LogP contribution in [0.1, 0.15) is 15.9 Å². The van der Waals surface area contributed by atoms with E-state index in [1.165, 1.54) is 0 Å². The van der Waals surface area contributed by atoms with Gasteiger partial charge in [-0.05, 0) is 34.9 Å². The van der Waals surface area contributed by atoms with Gasteiger partial charge in [-0.15, -0.1) is 0 Å². The lowest BCUT2D eigenvalue weighted by molar-refractivity contribution is 0.0795. The zero-order valence-electron chi connectivity index (χ0n) is 13.8. The van der Waals surface area contributed by atoms with Crippen LogP contribution in [-0.4, -0.2) is 27.1 Å². The SMILES string of the molecule is C=C(Br)CN1Cc2c(cc(N)cc2-c2ccc3cnn(C)c3c2)C1=O. The van der Waals surface area contributed by atoms with Crippen LogP contribution in [-0.2, 0) is 13.6 Å². The molecule has 0 aliphatic carbocycles. The highest BCUT2D eigenvalue weighted by Crippen LogP contribution is 2.36. The van der Waals surface area contributed by atoms with Crippen molar-refractivity contribution in [2.75, 3.05) is 12.3 Å². The maximum absolute atomic E-state index is 12.7. The van der Waals surface area contributed by atoms with Gasteiger partial charge in [-0.2, -0.15) is 5.10 Å². The summed E-state index contributed by atoms with van der Waals surface area (Å²) in [6, 6.07) is 9.89. The van der Waals surface area contributed by atoms with E-state index in [2.05, 4.69) is 39.7 Å². The van der Waals surface area contributed by atoms with Crippen LogP contribution in [0.3, 0.4) is 0 Å². The number of hydrogen-bond acceptors (Lipinski definition) is 3. The molecule has 4 rings (SSSR count). The molecule has 1 aliphatic heterocycles. The molecule has 25 heavy (non-hydrogen) atoms. The second-order valence-corrected chi connectivity index (χ2v) is 7.44. The summed E-state index contributed by atoms with van der Waals surface area (Å²) < 4.78 is 2.62. The van der Waals surface area contributed by atoms with Crippen LogP contribution in [0.25, 0.3) is 22.0 Å². The molecule has 0 saturated heterocycles. The van der Waals surface area contributed by atoms with Crippen molar-refractivity contribution in [1.82, 2.24) is 14.7 Å². The summed E-state index contributed by atoms with van der Waals surface area (Å²) in [5.74, 6) is -0.00855. The van der Waals surface area contributed by atoms with E-state index >= 15 is 0 Å². The van der Waals surface area contributed by atoms with Gasteiger partial charge in [-0.1, -0.05) is 34.6 Å². The van der Waals surface area contributed by atoms with Gasteiger partial charge in [-0.3, -0.25) is 9.48 Å². The lowest BCUT2D eigenvalue weighted by atomic mass is 9.95. The zero-order valence-corrected chi connectivity index (χ0v) is 15.4. The third kappa shape index (κ3) is 2.62. The Bertz CT molecular complexity index is 1040. The van der Waals surface area contributed by atoms with Gasteiger partial charge in [0.1, 0.15) is 0 Å². The van der Waals surface area contributed by atoms with Gasteiger partial charge in [0.25, 0.3) is 5.91 Å². The van der Waals surface area contributed by atoms with Crippen LogP contribution in [0, 0.1) is 0 Å². The number of hydrogen-bond donors (Lipinski definition) is 1. The Hall–Kier alpha value is -2.60. The molecule has 0 saturated carbocycles. The number of carbonyl (C=O) groups excluding carboxylic acids is 1. The average Bonchev–Trinajstić information content (AvgIpc) is 3.08. The molecule has 0 bridgehead atoms. The first-order valence-corrected chi connectivity index (χ1v) is 8.70. The number of aromatic nitrogens is 2. The largest absolute Gasteiger partial charge is 0.399 e. The molecule has 5 nitrogen and oxygen atoms in total. The highest BCUT2D eigenvalue weighted by Gasteiger charge is 2.30. The van der Waals surface area contributed by atoms with Crippen LogP contribution in [0.15, 0.2) is 47.6 Å². The van der Waals surface area contributed by atoms with Gasteiger partial charge in [-0.25, -0.2) is 0 Å². The van der Waals surface area contributed by atoms with Crippen molar-refractivity contribution in [3.63, 3.8) is 0 Å². The van der Waals surface area contributed by atoms with E-state index in [4.69, 9.17) is 5.73 Å². The number of anilines is 1. The lowest BCUT2D eigenvalue weighted by Crippen LogP contribution is -2.24. The molecule has 0 fully saturated rings. The summed E-state index contributed by atoms with van der Waals surface area (Å²) in [5, 5.41) is 5.38. The first-order valence-electron chi connectivity index (χ1n) is 7.91. The van der Waals surface area contributed by atoms with Crippen molar-refractivity contribution in [3.8, 4) is 11.1 Å². The Morgan fingerprint density at radius 3 is 2.84 bits per heavy atom. The molecular formula is C19H17BrN4O. The van der Waals surface area contributed by atoms with Crippen LogP contribution in [0.2, 0.25) is 0 Å². The Balaban J connectivity index is 1.86. The minimum Gasteiger partial charge on any atom is -0.399 e. The number of rotatable bonds is 3. The second-order valence-electron chi connectivity index (χ2n) is 6.31. The van der Waals surface area contributed by atoms with Crippen LogP contribution in [0.5, 0.6) is 0 Å². The third-order valence-electron chi connectivity index (χ3n) is 4.56. The van der Waals surface area contributed by atoms with Crippen molar-refractivity contribution >= 4 is 38.4 Å². The Labute approximate surface area is 153 Å². The summed E-state index contributed by atoms with van der Waals surface area (Å²) >= 11 is 3.34. The van der Waals surface area contributed by atoms with Gasteiger partial charge in [0.05, 0.1) is 18.3 Å². The summed E-state index contributed by atoms with van der Waals surface area (Å²) in [6.45, 7) is 4.87. The minimum atomic E-state index is -0.00855. The topological polar surface area (TPSA) is 64.2 Å². The molecule has 6 heteroatoms. The summed E-state index contributed by atoms with van der Waals surface area (Å²) in [5.41, 5.74) is 11.4. The van der Waals surface area contributed by atoms with Gasteiger partial charge >= 0.3 is 0 Å². The molecule has 2 N–H and O–H groups in total. The first kappa shape index (κ1) is 15.9. The number of halogens is 1. The molecule has 0 spiro atoms. The Morgan fingerprint density at radius 1 is 1.32 bits per heavy atom. The van der Waals surface area contributed by atoms with Crippen molar-refractivity contribution in [3.05, 3.63) is 58.7 Å². The van der Waals surface area contributed by atoms with Gasteiger partial charge in [0.2, 0.25) is 0 Å². The molecule has 1 aromatic heterocycles. The van der Waals surface area contributed by atoms with E-state index in [1.54, 1.807) is 11.0 Å². The summed E-state index contributed by atoms with van der Waals surface area (Å²) in [6.07, 6.45) is 1.84. The van der Waals surface area contributed by atoms with Gasteiger partial charge in [0.15, 0.2) is 0 Å². The fourth-order valence-electron chi connectivity index (χ4n) is 3.39. The average molecular weight is 397 g/mol. The van der Waals surface area contributed by atoms with Crippen molar-refractivity contribution in [2.45, 2.75) is 6.54 Å². The smallest absolute Gasteiger partial charge is 0.254 e. The number of nitrogens with two attached hydrogens (primary N) is 1. The summed E-state index contributed by atoms with van der Waals surface area (Å²) in [7, 11) is 1.92. The molecule has 2 heterocycles. The van der Waals surface area contributed by atoms with Crippen LogP contribution in [0.4, 0.5) is 5.69 Å². The molecular weight excluding hydrogens is 380 g/mol. The van der Waals surface area contributed by atoms with E-state index in [9.17, 15) is 4.79 Å². The number of benzene rings is 2. The van der Waals surface area contributed by atoms with Crippen LogP contribution >= 0.6 is 15.9 Å². The normalized spacial score (nSPS) is 13.5. The number of fused-ring (bicyclic) bond motifs is 2. The molecule has 2 aromatic carbocycles. The molecule has 126 valence electrons. The first-order chi connectivity index (χ1) is 11.9. The molecule has 0 atom stereocenters. The fraction of sp³-hybridized carbons (Fsp3) is 0.158. The van der Waals surface area contributed by atoms with Crippen molar-refractivity contribution < 1.29 is 4.79 Å². The molecule has 1 aliphatic rings. The number of carbonyl (C=O) groups is 1. The minimum absolute atomic E-state index is 0.00855. The lowest BCUT2D eigenvalue weighted by Gasteiger charge is -2.14. The number of aryl methyl sites for hydroxylation is 1. The van der Waals surface area contributed by atoms with Crippen molar-refractivity contribution in [1.29, 1.82) is 0 Å². The van der Waals surface area contributed by atoms with Crippen molar-refractivity contribution in [2.24, 2.45) is 7.05 Å². The number of nitrogen functional groups attached to an aromatic ring is 1. The Kier molecular flexibility index (Phi) is 3.65. The standard InChI is InChI=1S/C19H17BrN4O/c1-11(20)9-24-10-17-15(6-14(21)7-16(17)19(24)25)12-3-4-13-8-22-23(2)18(13)5-12/h3-8H,1,9-10,21H2,2H3. The van der Waals surface area contributed by atoms with Crippen LogP contribution < -0.4 is 5.73 Å². The van der Waals surface area contributed by atoms with E-state index in [-0.39, 0.29) is 5.91 Å². The van der Waals surface area contributed by atoms with Gasteiger partial charge < -0.3 is 10.6 Å². The molecule has 0 unspecified atom stereocenters. The highest BCUT2D eigenvalue weighted by molar-refractivity contribution is 9.11. The van der Waals surface area contributed by atoms with E-state index in [0.717, 1.165) is 32.1 Å². The van der Waals surface area contributed by atoms with E-state index < -0.39 is 0 Å². The number of amides is 1. The fourth-order valence-corrected chi connectivity index (χ4v) is 3.70. The Morgan fingerprint density at radius 2 is 2.08 bits per heavy atom. The predicted octanol–water partition coefficient (Wildman–Crippen LogP) is 3.69.